The van der Waals surface area contributed by atoms with Gasteiger partial charge in [-0.3, -0.25) is 5.32 Å². The molecular formula is C20H20N4O3S2. The molecule has 0 bridgehead atoms. The van der Waals surface area contributed by atoms with Crippen LogP contribution in [0.3, 0.4) is 0 Å². The molecule has 0 aliphatic heterocycles. The fourth-order valence-electron chi connectivity index (χ4n) is 2.51. The first-order chi connectivity index (χ1) is 13.7. The van der Waals surface area contributed by atoms with Crippen LogP contribution in [0.1, 0.15) is 20.8 Å². The zero-order valence-corrected chi connectivity index (χ0v) is 17.8. The molecule has 0 fully saturated rings. The highest BCUT2D eigenvalue weighted by Crippen LogP contribution is 2.28. The Morgan fingerprint density at radius 1 is 1.07 bits per heavy atom. The van der Waals surface area contributed by atoms with Crippen molar-refractivity contribution in [2.24, 2.45) is 0 Å². The summed E-state index contributed by atoms with van der Waals surface area (Å²) in [5.74, 6) is 0.529. The van der Waals surface area contributed by atoms with Crippen LogP contribution in [0.25, 0.3) is 21.1 Å². The second-order valence-electron chi connectivity index (χ2n) is 7.52. The van der Waals surface area contributed by atoms with Gasteiger partial charge in [0.15, 0.2) is 20.9 Å². The highest BCUT2D eigenvalue weighted by atomic mass is 32.2. The topological polar surface area (TPSA) is 94.1 Å². The van der Waals surface area contributed by atoms with Crippen molar-refractivity contribution in [2.45, 2.75) is 25.5 Å². The fourth-order valence-corrected chi connectivity index (χ4v) is 4.01. The predicted molar refractivity (Wildman–Crippen MR) is 117 cm³/mol. The van der Waals surface area contributed by atoms with E-state index in [2.05, 4.69) is 20.3 Å². The molecule has 4 rings (SSSR count). The maximum Gasteiger partial charge on any atom is 0.229 e. The Kier molecular flexibility index (Phi) is 4.87. The number of benzene rings is 2. The van der Waals surface area contributed by atoms with E-state index >= 15 is 0 Å². The van der Waals surface area contributed by atoms with Gasteiger partial charge in [-0.15, -0.1) is 0 Å². The molecule has 4 aromatic rings. The van der Waals surface area contributed by atoms with Crippen molar-refractivity contribution in [1.82, 2.24) is 15.0 Å². The number of nitrogens with one attached hydrogen (secondary N) is 1. The van der Waals surface area contributed by atoms with Crippen molar-refractivity contribution in [2.75, 3.05) is 11.3 Å². The molecule has 0 radical (unpaired) electrons. The summed E-state index contributed by atoms with van der Waals surface area (Å²) in [6, 6.07) is 13.1. The number of aromatic nitrogens is 3. The van der Waals surface area contributed by atoms with Gasteiger partial charge in [0.2, 0.25) is 5.95 Å². The van der Waals surface area contributed by atoms with Gasteiger partial charge in [-0.2, -0.15) is 0 Å². The van der Waals surface area contributed by atoms with Crippen LogP contribution >= 0.6 is 11.3 Å². The monoisotopic (exact) mass is 428 g/mol. The van der Waals surface area contributed by atoms with Crippen LogP contribution in [0.4, 0.5) is 11.1 Å². The number of anilines is 2. The summed E-state index contributed by atoms with van der Waals surface area (Å²) < 4.78 is 30.1. The third kappa shape index (κ3) is 4.15. The maximum absolute atomic E-state index is 12.2. The normalized spacial score (nSPS) is 12.4. The Labute approximate surface area is 172 Å². The van der Waals surface area contributed by atoms with Crippen molar-refractivity contribution in [1.29, 1.82) is 0 Å². The molecule has 7 nitrogen and oxygen atoms in total. The molecule has 0 amide bonds. The van der Waals surface area contributed by atoms with Crippen LogP contribution in [-0.2, 0) is 9.84 Å². The van der Waals surface area contributed by atoms with Crippen molar-refractivity contribution in [3.63, 3.8) is 0 Å². The number of ether oxygens (including phenoxy) is 1. The molecular weight excluding hydrogens is 408 g/mol. The Hall–Kier alpha value is -2.78. The molecule has 1 N–H and O–H groups in total. The minimum Gasteiger partial charge on any atom is -0.478 e. The largest absolute Gasteiger partial charge is 0.478 e. The summed E-state index contributed by atoms with van der Waals surface area (Å²) in [7, 11) is -3.37. The van der Waals surface area contributed by atoms with Crippen LogP contribution in [-0.4, -0.2) is 34.1 Å². The van der Waals surface area contributed by atoms with Crippen molar-refractivity contribution in [3.8, 4) is 5.75 Å². The standard InChI is InChI=1S/C20H20N4O3S2/c1-20(2,3)29(25,26)12-27-14-8-9-15-13(10-14)11-21-18(22-15)24-19-23-16-6-4-5-7-17(16)28-19/h4-11H,12H2,1-3H3,(H,21,22,23,24). The first-order valence-corrected chi connectivity index (χ1v) is 11.4. The Balaban J connectivity index is 1.52. The molecule has 0 atom stereocenters. The van der Waals surface area contributed by atoms with Crippen molar-refractivity contribution >= 4 is 53.4 Å². The molecule has 9 heteroatoms. The van der Waals surface area contributed by atoms with E-state index in [9.17, 15) is 8.42 Å². The Bertz CT molecular complexity index is 1260. The number of rotatable bonds is 5. The molecule has 0 saturated heterocycles. The average Bonchev–Trinajstić information content (AvgIpc) is 3.07. The molecule has 0 spiro atoms. The molecule has 0 aliphatic carbocycles. The molecule has 150 valence electrons. The minimum absolute atomic E-state index is 0.375. The molecule has 2 aromatic carbocycles. The Morgan fingerprint density at radius 2 is 1.86 bits per heavy atom. The van der Waals surface area contributed by atoms with Crippen LogP contribution in [0.2, 0.25) is 0 Å². The maximum atomic E-state index is 12.2. The third-order valence-corrected chi connectivity index (χ3v) is 7.62. The fraction of sp³-hybridized carbons (Fsp3) is 0.250. The molecule has 0 aliphatic rings. The van der Waals surface area contributed by atoms with Gasteiger partial charge in [0.1, 0.15) is 5.75 Å². The summed E-state index contributed by atoms with van der Waals surface area (Å²) in [6.45, 7) is 4.96. The van der Waals surface area contributed by atoms with Gasteiger partial charge < -0.3 is 4.74 Å². The third-order valence-electron chi connectivity index (χ3n) is 4.38. The predicted octanol–water partition coefficient (Wildman–Crippen LogP) is 4.53. The lowest BCUT2D eigenvalue weighted by Crippen LogP contribution is -2.32. The zero-order chi connectivity index (χ0) is 20.6. The van der Waals surface area contributed by atoms with Crippen molar-refractivity contribution < 1.29 is 13.2 Å². The van der Waals surface area contributed by atoms with E-state index in [-0.39, 0.29) is 5.94 Å². The van der Waals surface area contributed by atoms with Crippen LogP contribution in [0.5, 0.6) is 5.75 Å². The highest BCUT2D eigenvalue weighted by Gasteiger charge is 2.29. The number of hydrogen-bond acceptors (Lipinski definition) is 8. The second-order valence-corrected chi connectivity index (χ2v) is 11.2. The minimum atomic E-state index is -3.37. The number of hydrogen-bond donors (Lipinski definition) is 1. The van der Waals surface area contributed by atoms with Crippen molar-refractivity contribution in [3.05, 3.63) is 48.7 Å². The molecule has 0 unspecified atom stereocenters. The van der Waals surface area contributed by atoms with Gasteiger partial charge in [-0.05, 0) is 51.1 Å². The van der Waals surface area contributed by atoms with Gasteiger partial charge >= 0.3 is 0 Å². The smallest absolute Gasteiger partial charge is 0.229 e. The van der Waals surface area contributed by atoms with Gasteiger partial charge in [0.25, 0.3) is 0 Å². The van der Waals surface area contributed by atoms with Gasteiger partial charge in [0.05, 0.1) is 20.5 Å². The highest BCUT2D eigenvalue weighted by molar-refractivity contribution is 7.92. The van der Waals surface area contributed by atoms with E-state index in [1.165, 1.54) is 11.3 Å². The Morgan fingerprint density at radius 3 is 2.62 bits per heavy atom. The first kappa shape index (κ1) is 19.5. The summed E-state index contributed by atoms with van der Waals surface area (Å²) in [5, 5.41) is 4.61. The van der Waals surface area contributed by atoms with E-state index in [1.54, 1.807) is 45.2 Å². The molecule has 2 aromatic heterocycles. The SMILES string of the molecule is CC(C)(C)S(=O)(=O)COc1ccc2nc(Nc3nc4ccccc4s3)ncc2c1. The molecule has 29 heavy (non-hydrogen) atoms. The summed E-state index contributed by atoms with van der Waals surface area (Å²) >= 11 is 1.53. The number of para-hydroxylation sites is 1. The number of fused-ring (bicyclic) bond motifs is 2. The lowest BCUT2D eigenvalue weighted by atomic mass is 10.2. The number of sulfone groups is 1. The van der Waals surface area contributed by atoms with Crippen LogP contribution < -0.4 is 10.1 Å². The molecule has 2 heterocycles. The van der Waals surface area contributed by atoms with Gasteiger partial charge in [-0.25, -0.2) is 23.4 Å². The van der Waals surface area contributed by atoms with Crippen LogP contribution in [0, 0.1) is 0 Å². The lowest BCUT2D eigenvalue weighted by molar-refractivity contribution is 0.371. The van der Waals surface area contributed by atoms with Crippen LogP contribution in [0.15, 0.2) is 48.7 Å². The van der Waals surface area contributed by atoms with E-state index < -0.39 is 14.6 Å². The number of nitrogens with zero attached hydrogens (tertiary/aromatic N) is 3. The average molecular weight is 429 g/mol. The molecule has 0 saturated carbocycles. The van der Waals surface area contributed by atoms with E-state index in [1.807, 2.05) is 24.3 Å². The quantitative estimate of drug-likeness (QED) is 0.499. The van der Waals surface area contributed by atoms with E-state index in [4.69, 9.17) is 4.74 Å². The second kappa shape index (κ2) is 7.23. The summed E-state index contributed by atoms with van der Waals surface area (Å²) in [6.07, 6.45) is 1.67. The van der Waals surface area contributed by atoms with Gasteiger partial charge in [0, 0.05) is 11.6 Å². The summed E-state index contributed by atoms with van der Waals surface area (Å²) in [5.41, 5.74) is 1.64. The first-order valence-electron chi connectivity index (χ1n) is 8.96. The van der Waals surface area contributed by atoms with Gasteiger partial charge in [-0.1, -0.05) is 23.5 Å². The lowest BCUT2D eigenvalue weighted by Gasteiger charge is -2.19. The van der Waals surface area contributed by atoms with E-state index in [0.29, 0.717) is 11.7 Å². The van der Waals surface area contributed by atoms with E-state index in [0.717, 1.165) is 26.3 Å². The number of thiazole rings is 1. The summed E-state index contributed by atoms with van der Waals surface area (Å²) in [4.78, 5) is 13.4. The zero-order valence-electron chi connectivity index (χ0n) is 16.2.